The second kappa shape index (κ2) is 10.4. The first-order valence-corrected chi connectivity index (χ1v) is 12.3. The molecule has 0 radical (unpaired) electrons. The van der Waals surface area contributed by atoms with Crippen LogP contribution in [0.4, 0.5) is 18.9 Å². The van der Waals surface area contributed by atoms with Gasteiger partial charge in [0.15, 0.2) is 5.69 Å². The zero-order valence-electron chi connectivity index (χ0n) is 21.7. The first kappa shape index (κ1) is 26.2. The standard InChI is InChI=1S/C30H27F3N4O2/c1-35(2)19-21-7-4-5-8-25(21)20-10-12-22(13-11-20)36-18-6-9-26-27(29(36)38)37(34-28(26)30(31,32)33)23-14-16-24(39-3)17-15-23/h4-17H,18-19H2,1-3H3. The van der Waals surface area contributed by atoms with E-state index in [9.17, 15) is 18.0 Å². The molecule has 3 aromatic carbocycles. The summed E-state index contributed by atoms with van der Waals surface area (Å²) >= 11 is 0. The van der Waals surface area contributed by atoms with Crippen LogP contribution in [0.15, 0.2) is 78.9 Å². The predicted octanol–water partition coefficient (Wildman–Crippen LogP) is 6.30. The minimum absolute atomic E-state index is 0.115. The lowest BCUT2D eigenvalue weighted by Gasteiger charge is -2.22. The SMILES string of the molecule is COc1ccc(-n2nc(C(F)(F)F)c3c2C(=O)N(c2ccc(-c4ccccc4CN(C)C)cc2)CC=C3)cc1. The number of methoxy groups -OCH3 is 1. The number of rotatable bonds is 6. The van der Waals surface area contributed by atoms with Crippen LogP contribution in [0, 0.1) is 0 Å². The predicted molar refractivity (Wildman–Crippen MR) is 145 cm³/mol. The Balaban J connectivity index is 1.55. The number of nitrogens with zero attached hydrogens (tertiary/aromatic N) is 4. The van der Waals surface area contributed by atoms with Gasteiger partial charge in [0.2, 0.25) is 0 Å². The molecule has 200 valence electrons. The molecule has 1 aromatic heterocycles. The van der Waals surface area contributed by atoms with Crippen molar-refractivity contribution in [3.63, 3.8) is 0 Å². The molecule has 2 heterocycles. The molecule has 0 unspecified atom stereocenters. The Morgan fingerprint density at radius 2 is 1.62 bits per heavy atom. The number of hydrogen-bond donors (Lipinski definition) is 0. The van der Waals surface area contributed by atoms with Crippen LogP contribution in [0.1, 0.15) is 27.3 Å². The molecule has 1 aliphatic rings. The van der Waals surface area contributed by atoms with E-state index >= 15 is 0 Å². The number of carbonyl (C=O) groups excluding carboxylic acids is 1. The maximum Gasteiger partial charge on any atom is 0.435 e. The van der Waals surface area contributed by atoms with Crippen molar-refractivity contribution in [2.24, 2.45) is 0 Å². The second-order valence-electron chi connectivity index (χ2n) is 9.48. The van der Waals surface area contributed by atoms with Crippen molar-refractivity contribution in [1.29, 1.82) is 0 Å². The van der Waals surface area contributed by atoms with Crippen molar-refractivity contribution >= 4 is 17.7 Å². The lowest BCUT2D eigenvalue weighted by atomic mass is 9.99. The Morgan fingerprint density at radius 1 is 0.949 bits per heavy atom. The van der Waals surface area contributed by atoms with Crippen LogP contribution in [0.2, 0.25) is 0 Å². The summed E-state index contributed by atoms with van der Waals surface area (Å²) in [5, 5.41) is 3.84. The molecular formula is C30H27F3N4O2. The van der Waals surface area contributed by atoms with Gasteiger partial charge in [0, 0.05) is 24.3 Å². The van der Waals surface area contributed by atoms with Gasteiger partial charge >= 0.3 is 6.18 Å². The monoisotopic (exact) mass is 532 g/mol. The number of halogens is 3. The van der Waals surface area contributed by atoms with E-state index in [1.165, 1.54) is 18.1 Å². The Morgan fingerprint density at radius 3 is 2.26 bits per heavy atom. The molecule has 9 heteroatoms. The summed E-state index contributed by atoms with van der Waals surface area (Å²) in [5.74, 6) is -0.0392. The zero-order chi connectivity index (χ0) is 27.7. The van der Waals surface area contributed by atoms with Crippen molar-refractivity contribution in [1.82, 2.24) is 14.7 Å². The maximum atomic E-state index is 14.0. The number of amides is 1. The maximum absolute atomic E-state index is 14.0. The van der Waals surface area contributed by atoms with Crippen molar-refractivity contribution in [2.75, 3.05) is 32.6 Å². The number of carbonyl (C=O) groups is 1. The average Bonchev–Trinajstić information content (AvgIpc) is 3.23. The van der Waals surface area contributed by atoms with Gasteiger partial charge in [-0.15, -0.1) is 0 Å². The second-order valence-corrected chi connectivity index (χ2v) is 9.48. The number of fused-ring (bicyclic) bond motifs is 1. The molecule has 1 aliphatic heterocycles. The van der Waals surface area contributed by atoms with Gasteiger partial charge in [-0.25, -0.2) is 4.68 Å². The fourth-order valence-corrected chi connectivity index (χ4v) is 4.72. The molecule has 0 saturated heterocycles. The first-order valence-electron chi connectivity index (χ1n) is 12.3. The van der Waals surface area contributed by atoms with E-state index in [-0.39, 0.29) is 17.8 Å². The summed E-state index contributed by atoms with van der Waals surface area (Å²) in [6, 6.07) is 21.9. The molecule has 39 heavy (non-hydrogen) atoms. The Hall–Kier alpha value is -4.37. The smallest absolute Gasteiger partial charge is 0.435 e. The molecule has 0 N–H and O–H groups in total. The quantitative estimate of drug-likeness (QED) is 0.292. The minimum Gasteiger partial charge on any atom is -0.497 e. The van der Waals surface area contributed by atoms with Gasteiger partial charge in [0.1, 0.15) is 11.4 Å². The molecule has 4 aromatic rings. The van der Waals surface area contributed by atoms with Crippen LogP contribution in [0.5, 0.6) is 5.75 Å². The van der Waals surface area contributed by atoms with E-state index in [0.717, 1.165) is 27.9 Å². The number of alkyl halides is 3. The van der Waals surface area contributed by atoms with E-state index < -0.39 is 17.8 Å². The van der Waals surface area contributed by atoms with Crippen LogP contribution < -0.4 is 9.64 Å². The average molecular weight is 533 g/mol. The van der Waals surface area contributed by atoms with Crippen LogP contribution in [0.25, 0.3) is 22.9 Å². The minimum atomic E-state index is -4.73. The van der Waals surface area contributed by atoms with E-state index in [2.05, 4.69) is 16.1 Å². The summed E-state index contributed by atoms with van der Waals surface area (Å²) in [6.45, 7) is 0.886. The summed E-state index contributed by atoms with van der Waals surface area (Å²) in [6.07, 6.45) is -1.85. The molecule has 6 nitrogen and oxygen atoms in total. The van der Waals surface area contributed by atoms with Gasteiger partial charge in [-0.05, 0) is 67.2 Å². The molecule has 5 rings (SSSR count). The fraction of sp³-hybridized carbons (Fsp3) is 0.200. The van der Waals surface area contributed by atoms with Gasteiger partial charge in [-0.1, -0.05) is 48.6 Å². The molecule has 1 amide bonds. The van der Waals surface area contributed by atoms with Gasteiger partial charge in [0.05, 0.1) is 12.8 Å². The Bertz CT molecular complexity index is 1520. The lowest BCUT2D eigenvalue weighted by molar-refractivity contribution is -0.141. The third kappa shape index (κ3) is 5.18. The number of anilines is 1. The van der Waals surface area contributed by atoms with Crippen LogP contribution in [-0.2, 0) is 12.7 Å². The van der Waals surface area contributed by atoms with E-state index in [0.29, 0.717) is 17.1 Å². The molecule has 0 bridgehead atoms. The van der Waals surface area contributed by atoms with Crippen molar-refractivity contribution in [3.8, 4) is 22.6 Å². The molecule has 0 atom stereocenters. The number of hydrogen-bond acceptors (Lipinski definition) is 4. The lowest BCUT2D eigenvalue weighted by Crippen LogP contribution is -2.32. The molecule has 0 spiro atoms. The highest BCUT2D eigenvalue weighted by Crippen LogP contribution is 2.37. The highest BCUT2D eigenvalue weighted by Gasteiger charge is 2.41. The number of benzene rings is 3. The molecular weight excluding hydrogens is 505 g/mol. The summed E-state index contributed by atoms with van der Waals surface area (Å²) in [7, 11) is 5.51. The van der Waals surface area contributed by atoms with Gasteiger partial charge < -0.3 is 14.5 Å². The summed E-state index contributed by atoms with van der Waals surface area (Å²) in [4.78, 5) is 17.4. The topological polar surface area (TPSA) is 50.6 Å². The van der Waals surface area contributed by atoms with E-state index in [1.807, 2.05) is 56.6 Å². The normalized spacial score (nSPS) is 13.5. The summed E-state index contributed by atoms with van der Waals surface area (Å²) < 4.78 is 48.1. The molecule has 0 aliphatic carbocycles. The highest BCUT2D eigenvalue weighted by molar-refractivity contribution is 6.09. The van der Waals surface area contributed by atoms with Crippen molar-refractivity contribution in [2.45, 2.75) is 12.7 Å². The van der Waals surface area contributed by atoms with E-state index in [1.54, 1.807) is 30.3 Å². The molecule has 0 saturated carbocycles. The third-order valence-corrected chi connectivity index (χ3v) is 6.52. The molecule has 0 fully saturated rings. The van der Waals surface area contributed by atoms with Crippen LogP contribution >= 0.6 is 0 Å². The summed E-state index contributed by atoms with van der Waals surface area (Å²) in [5.41, 5.74) is 2.61. The Labute approximate surface area is 224 Å². The van der Waals surface area contributed by atoms with Gasteiger partial charge in [-0.2, -0.15) is 18.3 Å². The fourth-order valence-electron chi connectivity index (χ4n) is 4.72. The van der Waals surface area contributed by atoms with Gasteiger partial charge in [-0.3, -0.25) is 4.79 Å². The largest absolute Gasteiger partial charge is 0.497 e. The van der Waals surface area contributed by atoms with Crippen LogP contribution in [-0.4, -0.2) is 48.3 Å². The van der Waals surface area contributed by atoms with Crippen molar-refractivity contribution in [3.05, 3.63) is 101 Å². The zero-order valence-corrected chi connectivity index (χ0v) is 21.7. The number of aromatic nitrogens is 2. The highest BCUT2D eigenvalue weighted by atomic mass is 19.4. The van der Waals surface area contributed by atoms with E-state index in [4.69, 9.17) is 4.74 Å². The number of ether oxygens (including phenoxy) is 1. The Kier molecular flexibility index (Phi) is 7.01. The van der Waals surface area contributed by atoms with Crippen molar-refractivity contribution < 1.29 is 22.7 Å². The van der Waals surface area contributed by atoms with Crippen LogP contribution in [0.3, 0.4) is 0 Å². The van der Waals surface area contributed by atoms with Gasteiger partial charge in [0.25, 0.3) is 5.91 Å². The first-order chi connectivity index (χ1) is 18.7. The third-order valence-electron chi connectivity index (χ3n) is 6.52.